The van der Waals surface area contributed by atoms with Crippen molar-refractivity contribution in [3.8, 4) is 5.75 Å². The van der Waals surface area contributed by atoms with Crippen LogP contribution in [0.5, 0.6) is 5.75 Å². The van der Waals surface area contributed by atoms with Gasteiger partial charge < -0.3 is 15.5 Å². The zero-order valence-electron chi connectivity index (χ0n) is 15.0. The second kappa shape index (κ2) is 7.74. The standard InChI is InChI=1S/C22H23NO3/c1-5-8-20-19(7-3)21(26)23-22(20,16(6-2)10-9-15(4)24)17-11-13-18(25)14-12-17/h5-14,24-25H,1-2H2,3-4H3,(H,23,26)/b15-9+,16-10+,19-7+,20-8?. The summed E-state index contributed by atoms with van der Waals surface area (Å²) in [7, 11) is 0. The van der Waals surface area contributed by atoms with Gasteiger partial charge in [0.1, 0.15) is 11.3 Å². The van der Waals surface area contributed by atoms with Crippen LogP contribution in [-0.4, -0.2) is 16.1 Å². The lowest BCUT2D eigenvalue weighted by Crippen LogP contribution is -2.41. The van der Waals surface area contributed by atoms with E-state index in [0.717, 1.165) is 11.1 Å². The zero-order chi connectivity index (χ0) is 19.3. The fourth-order valence-corrected chi connectivity index (χ4v) is 3.14. The quantitative estimate of drug-likeness (QED) is 0.420. The van der Waals surface area contributed by atoms with Crippen LogP contribution in [0.1, 0.15) is 19.4 Å². The van der Waals surface area contributed by atoms with Crippen LogP contribution in [-0.2, 0) is 10.3 Å². The number of nitrogens with one attached hydrogen (secondary N) is 1. The minimum absolute atomic E-state index is 0.129. The molecular weight excluding hydrogens is 326 g/mol. The molecule has 0 radical (unpaired) electrons. The number of amides is 1. The molecule has 3 N–H and O–H groups in total. The fourth-order valence-electron chi connectivity index (χ4n) is 3.14. The number of phenolic OH excluding ortho intramolecular Hbond substituents is 1. The first kappa shape index (κ1) is 19.1. The van der Waals surface area contributed by atoms with Gasteiger partial charge in [0, 0.05) is 5.57 Å². The Morgan fingerprint density at radius 1 is 1.19 bits per heavy atom. The van der Waals surface area contributed by atoms with Gasteiger partial charge in [-0.3, -0.25) is 4.79 Å². The van der Waals surface area contributed by atoms with Crippen molar-refractivity contribution < 1.29 is 15.0 Å². The number of allylic oxidation sites excluding steroid dienone is 6. The highest BCUT2D eigenvalue weighted by Crippen LogP contribution is 2.45. The van der Waals surface area contributed by atoms with Crippen LogP contribution in [0.4, 0.5) is 0 Å². The van der Waals surface area contributed by atoms with Crippen LogP contribution in [0.15, 0.2) is 96.4 Å². The van der Waals surface area contributed by atoms with Gasteiger partial charge in [0.05, 0.1) is 5.76 Å². The maximum Gasteiger partial charge on any atom is 0.252 e. The second-order valence-corrected chi connectivity index (χ2v) is 5.90. The maximum atomic E-state index is 12.7. The normalized spacial score (nSPS) is 24.0. The molecule has 1 fully saturated rings. The predicted octanol–water partition coefficient (Wildman–Crippen LogP) is 4.35. The van der Waals surface area contributed by atoms with E-state index in [9.17, 15) is 15.0 Å². The van der Waals surface area contributed by atoms with Gasteiger partial charge in [0.25, 0.3) is 5.91 Å². The van der Waals surface area contributed by atoms with Crippen LogP contribution < -0.4 is 5.32 Å². The Morgan fingerprint density at radius 3 is 2.35 bits per heavy atom. The smallest absolute Gasteiger partial charge is 0.252 e. The molecule has 2 rings (SSSR count). The van der Waals surface area contributed by atoms with Crippen LogP contribution in [0.25, 0.3) is 0 Å². The molecule has 1 amide bonds. The molecule has 1 saturated heterocycles. The molecule has 0 bridgehead atoms. The molecular formula is C22H23NO3. The highest BCUT2D eigenvalue weighted by molar-refractivity contribution is 6.04. The molecule has 1 atom stereocenters. The van der Waals surface area contributed by atoms with Crippen molar-refractivity contribution in [2.75, 3.05) is 0 Å². The summed E-state index contributed by atoms with van der Waals surface area (Å²) >= 11 is 0. The van der Waals surface area contributed by atoms with E-state index in [1.807, 2.05) is 0 Å². The van der Waals surface area contributed by atoms with E-state index in [0.29, 0.717) is 11.1 Å². The SMILES string of the molecule is C=CC=C1/C(=C\C)C(=O)NC1(/C(C=C)=C/C=C(\C)O)c1ccc(O)cc1. The molecule has 0 saturated carbocycles. The van der Waals surface area contributed by atoms with Crippen molar-refractivity contribution in [3.05, 3.63) is 102 Å². The van der Waals surface area contributed by atoms with Gasteiger partial charge in [-0.25, -0.2) is 0 Å². The summed E-state index contributed by atoms with van der Waals surface area (Å²) in [6.07, 6.45) is 10.1. The molecule has 1 unspecified atom stereocenters. The van der Waals surface area contributed by atoms with Gasteiger partial charge in [0.15, 0.2) is 0 Å². The van der Waals surface area contributed by atoms with Crippen molar-refractivity contribution in [2.24, 2.45) is 0 Å². The molecule has 1 aliphatic rings. The Balaban J connectivity index is 2.88. The van der Waals surface area contributed by atoms with E-state index in [1.165, 1.54) is 0 Å². The topological polar surface area (TPSA) is 69.6 Å². The number of phenols is 1. The highest BCUT2D eigenvalue weighted by atomic mass is 16.3. The number of carbonyl (C=O) groups is 1. The molecule has 1 aromatic rings. The predicted molar refractivity (Wildman–Crippen MR) is 105 cm³/mol. The minimum Gasteiger partial charge on any atom is -0.513 e. The van der Waals surface area contributed by atoms with Crippen molar-refractivity contribution in [3.63, 3.8) is 0 Å². The molecule has 1 heterocycles. The van der Waals surface area contributed by atoms with Crippen molar-refractivity contribution in [1.82, 2.24) is 5.32 Å². The first-order valence-electron chi connectivity index (χ1n) is 8.23. The zero-order valence-corrected chi connectivity index (χ0v) is 15.0. The summed E-state index contributed by atoms with van der Waals surface area (Å²) in [5.41, 5.74) is 1.68. The number of hydrogen-bond donors (Lipinski definition) is 3. The average molecular weight is 349 g/mol. The third-order valence-electron chi connectivity index (χ3n) is 4.27. The number of carbonyl (C=O) groups excluding carboxylic acids is 1. The van der Waals surface area contributed by atoms with E-state index in [-0.39, 0.29) is 17.4 Å². The van der Waals surface area contributed by atoms with Gasteiger partial charge >= 0.3 is 0 Å². The number of hydrogen-bond acceptors (Lipinski definition) is 3. The Morgan fingerprint density at radius 2 is 1.85 bits per heavy atom. The molecule has 0 spiro atoms. The summed E-state index contributed by atoms with van der Waals surface area (Å²) in [5.74, 6) is 0.0464. The monoisotopic (exact) mass is 349 g/mol. The Labute approximate surface area is 153 Å². The Bertz CT molecular complexity index is 850. The van der Waals surface area contributed by atoms with Crippen molar-refractivity contribution in [2.45, 2.75) is 19.4 Å². The van der Waals surface area contributed by atoms with Gasteiger partial charge in [-0.05, 0) is 48.8 Å². The van der Waals surface area contributed by atoms with E-state index >= 15 is 0 Å². The molecule has 1 aliphatic heterocycles. The molecule has 1 aromatic carbocycles. The molecule has 26 heavy (non-hydrogen) atoms. The lowest BCUT2D eigenvalue weighted by atomic mass is 9.76. The van der Waals surface area contributed by atoms with Crippen LogP contribution in [0.3, 0.4) is 0 Å². The Kier molecular flexibility index (Phi) is 5.68. The molecule has 4 nitrogen and oxygen atoms in total. The largest absolute Gasteiger partial charge is 0.513 e. The summed E-state index contributed by atoms with van der Waals surface area (Å²) in [5, 5.41) is 22.3. The first-order valence-corrected chi connectivity index (χ1v) is 8.23. The van der Waals surface area contributed by atoms with E-state index in [2.05, 4.69) is 18.5 Å². The van der Waals surface area contributed by atoms with Gasteiger partial charge in [-0.1, -0.05) is 55.7 Å². The molecule has 0 aromatic heterocycles. The van der Waals surface area contributed by atoms with Crippen LogP contribution in [0.2, 0.25) is 0 Å². The summed E-state index contributed by atoms with van der Waals surface area (Å²) in [6, 6.07) is 6.63. The van der Waals surface area contributed by atoms with Gasteiger partial charge in [-0.2, -0.15) is 0 Å². The second-order valence-electron chi connectivity index (χ2n) is 5.90. The van der Waals surface area contributed by atoms with E-state index in [1.54, 1.807) is 74.6 Å². The van der Waals surface area contributed by atoms with E-state index in [4.69, 9.17) is 0 Å². The number of aliphatic hydroxyl groups excluding tert-OH is 1. The molecule has 134 valence electrons. The lowest BCUT2D eigenvalue weighted by Gasteiger charge is -2.33. The lowest BCUT2D eigenvalue weighted by molar-refractivity contribution is -0.117. The first-order chi connectivity index (χ1) is 12.4. The molecule has 0 aliphatic carbocycles. The van der Waals surface area contributed by atoms with Gasteiger partial charge in [-0.15, -0.1) is 0 Å². The van der Waals surface area contributed by atoms with Gasteiger partial charge in [0.2, 0.25) is 0 Å². The van der Waals surface area contributed by atoms with E-state index < -0.39 is 5.54 Å². The third-order valence-corrected chi connectivity index (χ3v) is 4.27. The number of benzene rings is 1. The fraction of sp³-hybridized carbons (Fsp3) is 0.136. The average Bonchev–Trinajstić information content (AvgIpc) is 2.88. The van der Waals surface area contributed by atoms with Crippen LogP contribution in [0, 0.1) is 0 Å². The third kappa shape index (κ3) is 3.26. The summed E-state index contributed by atoms with van der Waals surface area (Å²) in [6.45, 7) is 11.0. The number of aliphatic hydroxyl groups is 1. The highest BCUT2D eigenvalue weighted by Gasteiger charge is 2.48. The van der Waals surface area contributed by atoms with Crippen LogP contribution >= 0.6 is 0 Å². The summed E-state index contributed by atoms with van der Waals surface area (Å²) < 4.78 is 0. The maximum absolute atomic E-state index is 12.7. The summed E-state index contributed by atoms with van der Waals surface area (Å²) in [4.78, 5) is 12.7. The number of rotatable bonds is 5. The van der Waals surface area contributed by atoms with Crippen molar-refractivity contribution in [1.29, 1.82) is 0 Å². The van der Waals surface area contributed by atoms with Crippen molar-refractivity contribution >= 4 is 5.91 Å². The number of aromatic hydroxyl groups is 1. The minimum atomic E-state index is -1.01. The molecule has 4 heteroatoms. The Hall–Kier alpha value is -3.27.